The minimum absolute atomic E-state index is 0.149. The molecule has 0 bridgehead atoms. The molecule has 0 aromatic heterocycles. The van der Waals surface area contributed by atoms with Crippen molar-refractivity contribution in [2.75, 3.05) is 13.3 Å². The van der Waals surface area contributed by atoms with Crippen molar-refractivity contribution in [3.63, 3.8) is 0 Å². The number of carbonyl (C=O) groups excluding carboxylic acids is 1. The van der Waals surface area contributed by atoms with Crippen LogP contribution in [0.1, 0.15) is 41.2 Å². The number of hydrogen-bond donors (Lipinski definition) is 1. The summed E-state index contributed by atoms with van der Waals surface area (Å²) in [4.78, 5) is 11.0. The van der Waals surface area contributed by atoms with Crippen LogP contribution in [0.4, 0.5) is 0 Å². The fourth-order valence-electron chi connectivity index (χ4n) is 2.57. The molecule has 1 saturated heterocycles. The molecular weight excluding hydrogens is 254 g/mol. The maximum atomic E-state index is 11.0. The number of benzene rings is 1. The van der Waals surface area contributed by atoms with Crippen LogP contribution >= 0.6 is 11.6 Å². The van der Waals surface area contributed by atoms with Gasteiger partial charge in [0.25, 0.3) is 0 Å². The fourth-order valence-corrected chi connectivity index (χ4v) is 2.82. The van der Waals surface area contributed by atoms with E-state index in [1.807, 2.05) is 6.07 Å². The zero-order valence-electron chi connectivity index (χ0n) is 9.87. The van der Waals surface area contributed by atoms with Gasteiger partial charge in [-0.3, -0.25) is 4.79 Å². The highest BCUT2D eigenvalue weighted by Crippen LogP contribution is 2.45. The molecule has 1 unspecified atom stereocenters. The van der Waals surface area contributed by atoms with Crippen molar-refractivity contribution in [2.24, 2.45) is 0 Å². The van der Waals surface area contributed by atoms with Crippen LogP contribution < -0.4 is 14.8 Å². The van der Waals surface area contributed by atoms with E-state index in [2.05, 4.69) is 5.32 Å². The van der Waals surface area contributed by atoms with Crippen molar-refractivity contribution in [1.29, 1.82) is 0 Å². The van der Waals surface area contributed by atoms with E-state index in [9.17, 15) is 4.79 Å². The number of nitrogens with one attached hydrogen (secondary N) is 1. The minimum atomic E-state index is 0.149. The summed E-state index contributed by atoms with van der Waals surface area (Å²) in [5.74, 6) is 1.15. The predicted octanol–water partition coefficient (Wildman–Crippen LogP) is 2.70. The molecule has 0 saturated carbocycles. The van der Waals surface area contributed by atoms with Crippen LogP contribution in [-0.4, -0.2) is 19.6 Å². The Labute approximate surface area is 110 Å². The quantitative estimate of drug-likeness (QED) is 0.837. The monoisotopic (exact) mass is 267 g/mol. The number of hydrogen-bond acceptors (Lipinski definition) is 4. The number of carbonyl (C=O) groups is 1. The average molecular weight is 268 g/mol. The molecule has 0 aliphatic carbocycles. The number of rotatable bonds is 2. The van der Waals surface area contributed by atoms with E-state index in [1.54, 1.807) is 0 Å². The van der Waals surface area contributed by atoms with Gasteiger partial charge in [-0.2, -0.15) is 0 Å². The van der Waals surface area contributed by atoms with Crippen molar-refractivity contribution < 1.29 is 14.3 Å². The summed E-state index contributed by atoms with van der Waals surface area (Å²) in [7, 11) is 0. The summed E-state index contributed by atoms with van der Waals surface area (Å²) in [6, 6.07) is 2.05. The summed E-state index contributed by atoms with van der Waals surface area (Å²) in [6.45, 7) is 1.14. The van der Waals surface area contributed by atoms with Crippen LogP contribution in [0, 0.1) is 0 Å². The molecule has 1 aromatic rings. The van der Waals surface area contributed by atoms with Crippen LogP contribution in [0.15, 0.2) is 6.07 Å². The summed E-state index contributed by atoms with van der Waals surface area (Å²) in [5, 5.41) is 3.87. The Morgan fingerprint density at radius 3 is 2.89 bits per heavy atom. The SMILES string of the molecule is O=Cc1c(Cl)cc(C2CCCCN2)c2c1OCO2. The van der Waals surface area contributed by atoms with Crippen LogP contribution in [-0.2, 0) is 0 Å². The summed E-state index contributed by atoms with van der Waals surface area (Å²) >= 11 is 6.14. The zero-order valence-corrected chi connectivity index (χ0v) is 10.6. The second kappa shape index (κ2) is 4.78. The third-order valence-electron chi connectivity index (χ3n) is 3.46. The highest BCUT2D eigenvalue weighted by atomic mass is 35.5. The molecule has 2 aliphatic heterocycles. The van der Waals surface area contributed by atoms with E-state index in [-0.39, 0.29) is 12.8 Å². The number of aldehydes is 1. The van der Waals surface area contributed by atoms with E-state index in [0.29, 0.717) is 28.4 Å². The Hall–Kier alpha value is -1.26. The molecule has 1 fully saturated rings. The van der Waals surface area contributed by atoms with Crippen LogP contribution in [0.5, 0.6) is 11.5 Å². The third kappa shape index (κ3) is 1.85. The molecule has 0 spiro atoms. The van der Waals surface area contributed by atoms with Crippen molar-refractivity contribution in [3.05, 3.63) is 22.2 Å². The Balaban J connectivity index is 2.07. The lowest BCUT2D eigenvalue weighted by atomic mass is 9.95. The largest absolute Gasteiger partial charge is 0.453 e. The van der Waals surface area contributed by atoms with Gasteiger partial charge in [0.05, 0.1) is 10.6 Å². The first-order chi connectivity index (χ1) is 8.81. The first-order valence-electron chi connectivity index (χ1n) is 6.12. The lowest BCUT2D eigenvalue weighted by Crippen LogP contribution is -2.27. The first kappa shape index (κ1) is 11.8. The molecule has 2 aliphatic rings. The minimum Gasteiger partial charge on any atom is -0.453 e. The van der Waals surface area contributed by atoms with Gasteiger partial charge < -0.3 is 14.8 Å². The lowest BCUT2D eigenvalue weighted by molar-refractivity contribution is 0.111. The molecule has 1 atom stereocenters. The third-order valence-corrected chi connectivity index (χ3v) is 3.78. The molecule has 1 aromatic carbocycles. The normalized spacial score (nSPS) is 21.9. The van der Waals surface area contributed by atoms with Crippen LogP contribution in [0.25, 0.3) is 0 Å². The number of ether oxygens (including phenoxy) is 2. The van der Waals surface area contributed by atoms with Crippen LogP contribution in [0.2, 0.25) is 5.02 Å². The van der Waals surface area contributed by atoms with Crippen molar-refractivity contribution in [3.8, 4) is 11.5 Å². The highest BCUT2D eigenvalue weighted by molar-refractivity contribution is 6.33. The van der Waals surface area contributed by atoms with Gasteiger partial charge in [0.15, 0.2) is 17.8 Å². The maximum Gasteiger partial charge on any atom is 0.231 e. The molecule has 3 rings (SSSR count). The average Bonchev–Trinajstić information content (AvgIpc) is 2.88. The molecular formula is C13H14ClNO3. The molecule has 1 N–H and O–H groups in total. The summed E-state index contributed by atoms with van der Waals surface area (Å²) < 4.78 is 10.9. The second-order valence-corrected chi connectivity index (χ2v) is 4.95. The van der Waals surface area contributed by atoms with Gasteiger partial charge in [0.1, 0.15) is 0 Å². The molecule has 18 heavy (non-hydrogen) atoms. The summed E-state index contributed by atoms with van der Waals surface area (Å²) in [5.41, 5.74) is 1.38. The summed E-state index contributed by atoms with van der Waals surface area (Å²) in [6.07, 6.45) is 4.14. The predicted molar refractivity (Wildman–Crippen MR) is 67.6 cm³/mol. The van der Waals surface area contributed by atoms with Crippen LogP contribution in [0.3, 0.4) is 0 Å². The fraction of sp³-hybridized carbons (Fsp3) is 0.462. The maximum absolute atomic E-state index is 11.0. The Morgan fingerprint density at radius 1 is 1.33 bits per heavy atom. The van der Waals surface area contributed by atoms with Gasteiger partial charge in [-0.1, -0.05) is 18.0 Å². The van der Waals surface area contributed by atoms with Crippen molar-refractivity contribution in [2.45, 2.75) is 25.3 Å². The topological polar surface area (TPSA) is 47.6 Å². The molecule has 0 radical (unpaired) electrons. The van der Waals surface area contributed by atoms with E-state index in [0.717, 1.165) is 18.5 Å². The van der Waals surface area contributed by atoms with E-state index < -0.39 is 0 Å². The van der Waals surface area contributed by atoms with Gasteiger partial charge in [0, 0.05) is 11.6 Å². The molecule has 96 valence electrons. The van der Waals surface area contributed by atoms with Gasteiger partial charge in [-0.25, -0.2) is 0 Å². The van der Waals surface area contributed by atoms with Gasteiger partial charge in [0.2, 0.25) is 6.79 Å². The molecule has 0 amide bonds. The lowest BCUT2D eigenvalue weighted by Gasteiger charge is -2.25. The number of piperidine rings is 1. The Bertz CT molecular complexity index is 484. The first-order valence-corrected chi connectivity index (χ1v) is 6.49. The highest BCUT2D eigenvalue weighted by Gasteiger charge is 2.28. The zero-order chi connectivity index (χ0) is 12.5. The van der Waals surface area contributed by atoms with E-state index in [1.165, 1.54) is 12.8 Å². The van der Waals surface area contributed by atoms with Gasteiger partial charge in [-0.05, 0) is 25.5 Å². The molecule has 2 heterocycles. The van der Waals surface area contributed by atoms with Crippen molar-refractivity contribution in [1.82, 2.24) is 5.32 Å². The molecule has 4 nitrogen and oxygen atoms in total. The van der Waals surface area contributed by atoms with Gasteiger partial charge in [-0.15, -0.1) is 0 Å². The second-order valence-electron chi connectivity index (χ2n) is 4.55. The molecule has 5 heteroatoms. The number of halogens is 1. The van der Waals surface area contributed by atoms with Gasteiger partial charge >= 0.3 is 0 Å². The smallest absolute Gasteiger partial charge is 0.231 e. The van der Waals surface area contributed by atoms with E-state index in [4.69, 9.17) is 21.1 Å². The van der Waals surface area contributed by atoms with Crippen molar-refractivity contribution >= 4 is 17.9 Å². The Kier molecular flexibility index (Phi) is 3.14. The standard InChI is InChI=1S/C13H14ClNO3/c14-10-5-8(11-3-1-2-4-15-11)12-13(9(10)6-16)18-7-17-12/h5-6,11,15H,1-4,7H2. The number of fused-ring (bicyclic) bond motifs is 1. The Morgan fingerprint density at radius 2 is 2.17 bits per heavy atom. The van der Waals surface area contributed by atoms with E-state index >= 15 is 0 Å².